The van der Waals surface area contributed by atoms with Gasteiger partial charge in [-0.25, -0.2) is 4.99 Å². The van der Waals surface area contributed by atoms with Crippen LogP contribution in [0.2, 0.25) is 0 Å². The van der Waals surface area contributed by atoms with Gasteiger partial charge in [-0.15, -0.1) is 0 Å². The van der Waals surface area contributed by atoms with Crippen molar-refractivity contribution in [2.45, 2.75) is 32.7 Å². The van der Waals surface area contributed by atoms with Gasteiger partial charge in [0.1, 0.15) is 5.75 Å². The second-order valence-electron chi connectivity index (χ2n) is 6.85. The Balaban J connectivity index is 2.03. The van der Waals surface area contributed by atoms with Gasteiger partial charge in [-0.2, -0.15) is 0 Å². The highest BCUT2D eigenvalue weighted by atomic mass is 16.5. The molecule has 1 heterocycles. The molecule has 2 N–H and O–H groups in total. The van der Waals surface area contributed by atoms with Crippen molar-refractivity contribution in [3.63, 3.8) is 0 Å². The number of rotatable bonds is 7. The third-order valence-corrected chi connectivity index (χ3v) is 4.21. The SMILES string of the molecule is CCNC(=NCc1ccn(C)c1)NCC(C)(C)c1cccc(OC)c1. The predicted octanol–water partition coefficient (Wildman–Crippen LogP) is 3.07. The minimum Gasteiger partial charge on any atom is -0.497 e. The van der Waals surface area contributed by atoms with Crippen LogP contribution in [0.25, 0.3) is 0 Å². The van der Waals surface area contributed by atoms with Gasteiger partial charge in [0.25, 0.3) is 0 Å². The summed E-state index contributed by atoms with van der Waals surface area (Å²) < 4.78 is 7.38. The molecule has 0 unspecified atom stereocenters. The maximum atomic E-state index is 5.35. The molecule has 0 atom stereocenters. The molecule has 0 bridgehead atoms. The van der Waals surface area contributed by atoms with Crippen LogP contribution in [0.1, 0.15) is 31.9 Å². The van der Waals surface area contributed by atoms with Crippen LogP contribution in [-0.4, -0.2) is 30.7 Å². The van der Waals surface area contributed by atoms with E-state index in [0.717, 1.165) is 24.8 Å². The highest BCUT2D eigenvalue weighted by Crippen LogP contribution is 2.25. The molecule has 5 heteroatoms. The lowest BCUT2D eigenvalue weighted by atomic mass is 9.84. The molecule has 0 aliphatic carbocycles. The third-order valence-electron chi connectivity index (χ3n) is 4.21. The summed E-state index contributed by atoms with van der Waals surface area (Å²) in [6.07, 6.45) is 4.13. The first-order valence-corrected chi connectivity index (χ1v) is 8.72. The van der Waals surface area contributed by atoms with E-state index in [-0.39, 0.29) is 5.41 Å². The molecule has 0 fully saturated rings. The van der Waals surface area contributed by atoms with Crippen LogP contribution in [0.15, 0.2) is 47.7 Å². The zero-order chi connectivity index (χ0) is 18.3. The number of guanidine groups is 1. The van der Waals surface area contributed by atoms with E-state index in [1.165, 1.54) is 11.1 Å². The summed E-state index contributed by atoms with van der Waals surface area (Å²) in [5, 5.41) is 6.78. The van der Waals surface area contributed by atoms with Crippen molar-refractivity contribution in [1.82, 2.24) is 15.2 Å². The van der Waals surface area contributed by atoms with E-state index in [1.807, 2.05) is 29.9 Å². The Morgan fingerprint density at radius 2 is 2.04 bits per heavy atom. The number of methoxy groups -OCH3 is 1. The van der Waals surface area contributed by atoms with Gasteiger partial charge >= 0.3 is 0 Å². The van der Waals surface area contributed by atoms with Crippen LogP contribution in [0, 0.1) is 0 Å². The monoisotopic (exact) mass is 342 g/mol. The first-order valence-electron chi connectivity index (χ1n) is 8.72. The number of nitrogens with zero attached hydrogens (tertiary/aromatic N) is 2. The Bertz CT molecular complexity index is 703. The zero-order valence-corrected chi connectivity index (χ0v) is 16.0. The number of aromatic nitrogens is 1. The third kappa shape index (κ3) is 5.55. The van der Waals surface area contributed by atoms with E-state index in [1.54, 1.807) is 7.11 Å². The standard InChI is InChI=1S/C20H30N4O/c1-6-21-19(22-13-16-10-11-24(4)14-16)23-15-20(2,3)17-8-7-9-18(12-17)25-5/h7-12,14H,6,13,15H2,1-5H3,(H2,21,22,23). The molecule has 0 aliphatic heterocycles. The Morgan fingerprint density at radius 3 is 2.68 bits per heavy atom. The molecule has 2 rings (SSSR count). The van der Waals surface area contributed by atoms with Crippen LogP contribution in [-0.2, 0) is 19.0 Å². The molecule has 1 aromatic carbocycles. The summed E-state index contributed by atoms with van der Waals surface area (Å²) in [5.74, 6) is 1.72. The summed E-state index contributed by atoms with van der Waals surface area (Å²) in [4.78, 5) is 4.68. The summed E-state index contributed by atoms with van der Waals surface area (Å²) in [5.41, 5.74) is 2.39. The topological polar surface area (TPSA) is 50.6 Å². The van der Waals surface area contributed by atoms with Gasteiger partial charge in [-0.1, -0.05) is 26.0 Å². The van der Waals surface area contributed by atoms with Gasteiger partial charge in [-0.05, 0) is 36.2 Å². The summed E-state index contributed by atoms with van der Waals surface area (Å²) >= 11 is 0. The van der Waals surface area contributed by atoms with Gasteiger partial charge in [0.15, 0.2) is 5.96 Å². The number of aliphatic imine (C=N–C) groups is 1. The van der Waals surface area contributed by atoms with Crippen LogP contribution in [0.5, 0.6) is 5.75 Å². The molecule has 25 heavy (non-hydrogen) atoms. The number of aryl methyl sites for hydroxylation is 1. The average Bonchev–Trinajstić information content (AvgIpc) is 3.03. The lowest BCUT2D eigenvalue weighted by Gasteiger charge is -2.27. The van der Waals surface area contributed by atoms with Crippen LogP contribution in [0.3, 0.4) is 0 Å². The summed E-state index contributed by atoms with van der Waals surface area (Å²) in [6, 6.07) is 10.3. The van der Waals surface area contributed by atoms with E-state index >= 15 is 0 Å². The van der Waals surface area contributed by atoms with Crippen LogP contribution < -0.4 is 15.4 Å². The van der Waals surface area contributed by atoms with Crippen molar-refractivity contribution >= 4 is 5.96 Å². The number of benzene rings is 1. The smallest absolute Gasteiger partial charge is 0.191 e. The van der Waals surface area contributed by atoms with Crippen molar-refractivity contribution in [3.8, 4) is 5.75 Å². The Kier molecular flexibility index (Phi) is 6.51. The lowest BCUT2D eigenvalue weighted by Crippen LogP contribution is -2.43. The van der Waals surface area contributed by atoms with Crippen molar-refractivity contribution in [2.75, 3.05) is 20.2 Å². The van der Waals surface area contributed by atoms with Gasteiger partial charge in [0.2, 0.25) is 0 Å². The first kappa shape index (κ1) is 18.9. The van der Waals surface area contributed by atoms with Crippen LogP contribution in [0.4, 0.5) is 0 Å². The van der Waals surface area contributed by atoms with Gasteiger partial charge < -0.3 is 19.9 Å². The Labute approximate surface area is 151 Å². The maximum absolute atomic E-state index is 5.35. The molecule has 0 saturated heterocycles. The molecular weight excluding hydrogens is 312 g/mol. The number of hydrogen-bond donors (Lipinski definition) is 2. The second kappa shape index (κ2) is 8.60. The summed E-state index contributed by atoms with van der Waals surface area (Å²) in [6.45, 7) is 8.79. The van der Waals surface area contributed by atoms with Crippen molar-refractivity contribution in [2.24, 2.45) is 12.0 Å². The summed E-state index contributed by atoms with van der Waals surface area (Å²) in [7, 11) is 3.72. The highest BCUT2D eigenvalue weighted by molar-refractivity contribution is 5.79. The zero-order valence-electron chi connectivity index (χ0n) is 16.0. The Morgan fingerprint density at radius 1 is 1.24 bits per heavy atom. The quantitative estimate of drug-likeness (QED) is 0.601. The lowest BCUT2D eigenvalue weighted by molar-refractivity contribution is 0.411. The molecule has 0 aliphatic rings. The number of hydrogen-bond acceptors (Lipinski definition) is 2. The molecule has 5 nitrogen and oxygen atoms in total. The fourth-order valence-electron chi connectivity index (χ4n) is 2.62. The maximum Gasteiger partial charge on any atom is 0.191 e. The van der Waals surface area contributed by atoms with E-state index < -0.39 is 0 Å². The van der Waals surface area contributed by atoms with Crippen molar-refractivity contribution < 1.29 is 4.74 Å². The molecule has 0 spiro atoms. The Hall–Kier alpha value is -2.43. The molecule has 0 saturated carbocycles. The molecule has 1 aromatic heterocycles. The van der Waals surface area contributed by atoms with E-state index in [4.69, 9.17) is 4.74 Å². The van der Waals surface area contributed by atoms with Crippen LogP contribution >= 0.6 is 0 Å². The highest BCUT2D eigenvalue weighted by Gasteiger charge is 2.21. The fraction of sp³-hybridized carbons (Fsp3) is 0.450. The minimum absolute atomic E-state index is 0.0442. The van der Waals surface area contributed by atoms with E-state index in [2.05, 4.69) is 60.8 Å². The molecule has 0 amide bonds. The van der Waals surface area contributed by atoms with Crippen molar-refractivity contribution in [3.05, 3.63) is 53.9 Å². The molecule has 0 radical (unpaired) electrons. The van der Waals surface area contributed by atoms with E-state index in [9.17, 15) is 0 Å². The molecular formula is C20H30N4O. The predicted molar refractivity (Wildman–Crippen MR) is 104 cm³/mol. The van der Waals surface area contributed by atoms with Crippen molar-refractivity contribution in [1.29, 1.82) is 0 Å². The molecule has 136 valence electrons. The fourth-order valence-corrected chi connectivity index (χ4v) is 2.62. The average molecular weight is 342 g/mol. The number of nitrogens with one attached hydrogen (secondary N) is 2. The largest absolute Gasteiger partial charge is 0.497 e. The number of ether oxygens (including phenoxy) is 1. The normalized spacial score (nSPS) is 12.1. The minimum atomic E-state index is -0.0442. The van der Waals surface area contributed by atoms with Gasteiger partial charge in [0, 0.05) is 37.9 Å². The van der Waals surface area contributed by atoms with Gasteiger partial charge in [-0.3, -0.25) is 0 Å². The van der Waals surface area contributed by atoms with Gasteiger partial charge in [0.05, 0.1) is 13.7 Å². The second-order valence-corrected chi connectivity index (χ2v) is 6.85. The van der Waals surface area contributed by atoms with E-state index in [0.29, 0.717) is 6.54 Å². The first-order chi connectivity index (χ1) is 11.9. The molecule has 2 aromatic rings.